The Morgan fingerprint density at radius 2 is 1.85 bits per heavy atom. The third kappa shape index (κ3) is 2.80. The van der Waals surface area contributed by atoms with Crippen molar-refractivity contribution in [1.29, 1.82) is 0 Å². The summed E-state index contributed by atoms with van der Waals surface area (Å²) in [4.78, 5) is 36.9. The lowest BCUT2D eigenvalue weighted by atomic mass is 9.47. The van der Waals surface area contributed by atoms with E-state index in [2.05, 4.69) is 19.9 Å². The minimum atomic E-state index is -1.64. The number of rotatable bonds is 4. The summed E-state index contributed by atoms with van der Waals surface area (Å²) in [5, 5.41) is 0. The van der Waals surface area contributed by atoms with Gasteiger partial charge in [-0.25, -0.2) is 4.79 Å². The van der Waals surface area contributed by atoms with Crippen LogP contribution in [0.3, 0.4) is 0 Å². The Balaban J connectivity index is 1.43. The van der Waals surface area contributed by atoms with Gasteiger partial charge in [0.2, 0.25) is 0 Å². The van der Waals surface area contributed by atoms with E-state index in [0.717, 1.165) is 44.9 Å². The number of hydrogen-bond donors (Lipinski definition) is 1. The van der Waals surface area contributed by atoms with Crippen LogP contribution in [-0.2, 0) is 28.6 Å². The molecular weight excluding hydrogens is 422 g/mol. The third-order valence-corrected chi connectivity index (χ3v) is 10.3. The molecule has 4 unspecified atom stereocenters. The highest BCUT2D eigenvalue weighted by Gasteiger charge is 2.88. The van der Waals surface area contributed by atoms with Gasteiger partial charge in [-0.2, -0.15) is 0 Å². The molecule has 1 saturated heterocycles. The van der Waals surface area contributed by atoms with E-state index in [4.69, 9.17) is 19.9 Å². The third-order valence-electron chi connectivity index (χ3n) is 10.3. The van der Waals surface area contributed by atoms with Gasteiger partial charge in [0.15, 0.2) is 0 Å². The Bertz CT molecular complexity index is 930. The van der Waals surface area contributed by atoms with E-state index < -0.39 is 23.1 Å². The normalized spacial score (nSPS) is 47.6. The fourth-order valence-electron chi connectivity index (χ4n) is 8.73. The molecule has 8 atom stereocenters. The SMILES string of the molecule is CCOC(=O)[C@]1(C(N)=O)O[C@@]12CCC1C3CC=C4CC(OC(C)=O)CC[C@]4(C)C3CC[C@@]12C. The Morgan fingerprint density at radius 1 is 1.12 bits per heavy atom. The van der Waals surface area contributed by atoms with Crippen LogP contribution < -0.4 is 5.73 Å². The predicted molar refractivity (Wildman–Crippen MR) is 120 cm³/mol. The van der Waals surface area contributed by atoms with E-state index in [1.807, 2.05) is 0 Å². The molecule has 1 amide bonds. The number of allylic oxidation sites excluding steroid dienone is 1. The number of esters is 2. The molecule has 0 aromatic heterocycles. The van der Waals surface area contributed by atoms with E-state index in [0.29, 0.717) is 24.2 Å². The van der Waals surface area contributed by atoms with Crippen molar-refractivity contribution in [1.82, 2.24) is 0 Å². The monoisotopic (exact) mass is 459 g/mol. The largest absolute Gasteiger partial charge is 0.463 e. The van der Waals surface area contributed by atoms with Gasteiger partial charge in [-0.15, -0.1) is 0 Å². The summed E-state index contributed by atoms with van der Waals surface area (Å²) in [6.45, 7) is 8.02. The molecule has 1 aliphatic heterocycles. The van der Waals surface area contributed by atoms with Gasteiger partial charge in [0.1, 0.15) is 11.7 Å². The summed E-state index contributed by atoms with van der Waals surface area (Å²) in [5.41, 5.74) is 4.57. The first-order valence-electron chi connectivity index (χ1n) is 12.6. The van der Waals surface area contributed by atoms with Gasteiger partial charge in [0.25, 0.3) is 11.5 Å². The highest BCUT2D eigenvalue weighted by molar-refractivity contribution is 6.10. The van der Waals surface area contributed by atoms with Crippen LogP contribution in [0.2, 0.25) is 0 Å². The second-order valence-electron chi connectivity index (χ2n) is 11.4. The maximum Gasteiger partial charge on any atom is 0.351 e. The van der Waals surface area contributed by atoms with E-state index in [9.17, 15) is 14.4 Å². The second kappa shape index (κ2) is 7.30. The standard InChI is InChI=1S/C26H37NO6/c1-5-31-22(30)26(21(27)29)25(33-26)13-10-20-18-7-6-16-14-17(32-15(2)28)8-11-23(16,3)19(18)9-12-24(20,25)4/h6,17-20H,5,7-14H2,1-4H3,(H2,27,29)/t17?,18?,19?,20?,23-,24-,25+,26-/m0/s1. The lowest BCUT2D eigenvalue weighted by Crippen LogP contribution is -2.56. The van der Waals surface area contributed by atoms with Crippen molar-refractivity contribution in [2.75, 3.05) is 6.61 Å². The summed E-state index contributed by atoms with van der Waals surface area (Å²) in [6, 6.07) is 0. The topological polar surface area (TPSA) is 108 Å². The quantitative estimate of drug-likeness (QED) is 0.299. The van der Waals surface area contributed by atoms with Crippen LogP contribution in [0.4, 0.5) is 0 Å². The summed E-state index contributed by atoms with van der Waals surface area (Å²) in [6.07, 6.45) is 9.68. The van der Waals surface area contributed by atoms with E-state index in [1.165, 1.54) is 12.5 Å². The zero-order chi connectivity index (χ0) is 23.8. The lowest BCUT2D eigenvalue weighted by molar-refractivity contribution is -0.153. The first-order valence-corrected chi connectivity index (χ1v) is 12.6. The summed E-state index contributed by atoms with van der Waals surface area (Å²) >= 11 is 0. The van der Waals surface area contributed by atoms with Gasteiger partial charge in [0, 0.05) is 18.8 Å². The number of amides is 1. The zero-order valence-electron chi connectivity index (χ0n) is 20.3. The van der Waals surface area contributed by atoms with E-state index in [1.54, 1.807) is 6.92 Å². The van der Waals surface area contributed by atoms with E-state index in [-0.39, 0.29) is 29.5 Å². The molecule has 7 nitrogen and oxygen atoms in total. The second-order valence-corrected chi connectivity index (χ2v) is 11.4. The van der Waals surface area contributed by atoms with Gasteiger partial charge in [-0.05, 0) is 75.0 Å². The number of primary amides is 1. The van der Waals surface area contributed by atoms with Crippen molar-refractivity contribution < 1.29 is 28.6 Å². The minimum absolute atomic E-state index is 0.0115. The van der Waals surface area contributed by atoms with Crippen LogP contribution in [0.1, 0.15) is 79.1 Å². The minimum Gasteiger partial charge on any atom is -0.463 e. The van der Waals surface area contributed by atoms with Crippen LogP contribution in [-0.4, -0.2) is 41.8 Å². The zero-order valence-corrected chi connectivity index (χ0v) is 20.3. The van der Waals surface area contributed by atoms with E-state index >= 15 is 0 Å². The number of hydrogen-bond acceptors (Lipinski definition) is 6. The van der Waals surface area contributed by atoms with Crippen LogP contribution in [0.25, 0.3) is 0 Å². The fraction of sp³-hybridized carbons (Fsp3) is 0.808. The van der Waals surface area contributed by atoms with Gasteiger partial charge in [-0.1, -0.05) is 25.5 Å². The molecule has 0 bridgehead atoms. The first-order chi connectivity index (χ1) is 15.6. The maximum atomic E-state index is 12.9. The van der Waals surface area contributed by atoms with Gasteiger partial charge in [-0.3, -0.25) is 9.59 Å². The van der Waals surface area contributed by atoms with Crippen LogP contribution in [0.15, 0.2) is 11.6 Å². The smallest absolute Gasteiger partial charge is 0.351 e. The molecular formula is C26H37NO6. The van der Waals surface area contributed by atoms with Gasteiger partial charge in [0.05, 0.1) is 6.61 Å². The molecule has 5 rings (SSSR count). The number of ether oxygens (including phenoxy) is 3. The molecule has 1 heterocycles. The summed E-state index contributed by atoms with van der Waals surface area (Å²) < 4.78 is 17.0. The number of carbonyl (C=O) groups is 3. The molecule has 1 spiro atoms. The molecule has 7 heteroatoms. The highest BCUT2D eigenvalue weighted by atomic mass is 16.7. The van der Waals surface area contributed by atoms with Crippen molar-refractivity contribution in [3.05, 3.63) is 11.6 Å². The molecule has 4 aliphatic carbocycles. The molecule has 4 fully saturated rings. The first kappa shape index (κ1) is 22.9. The van der Waals surface area contributed by atoms with Crippen molar-refractivity contribution in [3.63, 3.8) is 0 Å². The van der Waals surface area contributed by atoms with Gasteiger partial charge < -0.3 is 19.9 Å². The Hall–Kier alpha value is -1.89. The van der Waals surface area contributed by atoms with Crippen LogP contribution in [0, 0.1) is 28.6 Å². The highest BCUT2D eigenvalue weighted by Crippen LogP contribution is 2.75. The van der Waals surface area contributed by atoms with Crippen molar-refractivity contribution in [3.8, 4) is 0 Å². The molecule has 3 saturated carbocycles. The molecule has 182 valence electrons. The van der Waals surface area contributed by atoms with Crippen LogP contribution in [0.5, 0.6) is 0 Å². The number of nitrogens with two attached hydrogens (primary N) is 1. The lowest BCUT2D eigenvalue weighted by Gasteiger charge is -2.57. The average Bonchev–Trinajstić information content (AvgIpc) is 3.36. The van der Waals surface area contributed by atoms with Crippen molar-refractivity contribution in [2.24, 2.45) is 34.3 Å². The maximum absolute atomic E-state index is 12.9. The Kier molecular flexibility index (Phi) is 5.06. The summed E-state index contributed by atoms with van der Waals surface area (Å²) in [5.74, 6) is -0.138. The molecule has 5 aliphatic rings. The van der Waals surface area contributed by atoms with Crippen LogP contribution >= 0.6 is 0 Å². The predicted octanol–water partition coefficient (Wildman–Crippen LogP) is 3.44. The Labute approximate surface area is 195 Å². The Morgan fingerprint density at radius 3 is 2.52 bits per heavy atom. The molecule has 0 aromatic carbocycles. The average molecular weight is 460 g/mol. The molecule has 0 radical (unpaired) electrons. The fourth-order valence-corrected chi connectivity index (χ4v) is 8.73. The van der Waals surface area contributed by atoms with Gasteiger partial charge >= 0.3 is 11.9 Å². The molecule has 0 aromatic rings. The molecule has 2 N–H and O–H groups in total. The number of carbonyl (C=O) groups excluding carboxylic acids is 3. The summed E-state index contributed by atoms with van der Waals surface area (Å²) in [7, 11) is 0. The number of fused-ring (bicyclic) bond motifs is 6. The molecule has 33 heavy (non-hydrogen) atoms. The van der Waals surface area contributed by atoms with Crippen molar-refractivity contribution in [2.45, 2.75) is 96.4 Å². The number of epoxide rings is 1. The van der Waals surface area contributed by atoms with Crippen molar-refractivity contribution >= 4 is 17.8 Å².